The van der Waals surface area contributed by atoms with Crippen molar-refractivity contribution in [3.63, 3.8) is 0 Å². The van der Waals surface area contributed by atoms with Crippen LogP contribution in [0.1, 0.15) is 26.2 Å². The van der Waals surface area contributed by atoms with Gasteiger partial charge in [-0.15, -0.1) is 39.0 Å². The Morgan fingerprint density at radius 1 is 1.11 bits per heavy atom. The zero-order valence-corrected chi connectivity index (χ0v) is 20.2. The lowest BCUT2D eigenvalue weighted by Crippen LogP contribution is -2.68. The Hall–Kier alpha value is -1.27. The molecule has 37 heavy (non-hydrogen) atoms. The number of halogens is 5. The molecular weight excluding hydrogens is 517 g/mol. The van der Waals surface area contributed by atoms with Crippen molar-refractivity contribution < 1.29 is 57.0 Å². The maximum Gasteiger partial charge on any atom is 0.185 e. The molecule has 2 rings (SSSR count). The van der Waals surface area contributed by atoms with Gasteiger partial charge < -0.3 is 34.6 Å². The first-order chi connectivity index (χ1) is 17.5. The standard InChI is InChI=1S/C20H34F5N5O7/c1-20(34)9-35-19(14(32)17(20)30(2)25)37-16-12(29-24)8-11(28-23)15(13(16)31)36-18(33)10(27-22)6-4-3-5-7-26-21/h10-19,26-29,31-34H,4,6-9H2,1-2H3. The van der Waals surface area contributed by atoms with E-state index in [4.69, 9.17) is 14.2 Å². The quantitative estimate of drug-likeness (QED) is 0.0601. The fourth-order valence-corrected chi connectivity index (χ4v) is 4.51. The molecule has 0 aromatic rings. The van der Waals surface area contributed by atoms with Crippen LogP contribution in [0.5, 0.6) is 0 Å². The minimum atomic E-state index is -1.95. The van der Waals surface area contributed by atoms with Gasteiger partial charge in [0, 0.05) is 13.5 Å². The third-order valence-corrected chi connectivity index (χ3v) is 6.35. The van der Waals surface area contributed by atoms with Crippen molar-refractivity contribution in [1.29, 1.82) is 0 Å². The van der Waals surface area contributed by atoms with Gasteiger partial charge in [-0.2, -0.15) is 16.6 Å². The van der Waals surface area contributed by atoms with Gasteiger partial charge in [0.05, 0.1) is 31.3 Å². The van der Waals surface area contributed by atoms with Crippen LogP contribution < -0.4 is 22.2 Å². The number of likely N-dealkylation sites (N-methyl/N-ethyl adjacent to an activating group) is 1. The second-order valence-corrected chi connectivity index (χ2v) is 9.16. The Morgan fingerprint density at radius 3 is 2.32 bits per heavy atom. The highest BCUT2D eigenvalue weighted by atomic mass is 19.2. The van der Waals surface area contributed by atoms with Gasteiger partial charge in [-0.1, -0.05) is 5.92 Å². The van der Waals surface area contributed by atoms with Crippen LogP contribution in [0.2, 0.25) is 0 Å². The number of ether oxygens (including phenoxy) is 3. The molecule has 12 nitrogen and oxygen atoms in total. The number of rotatable bonds is 12. The summed E-state index contributed by atoms with van der Waals surface area (Å²) in [6.07, 6.45) is -11.1. The molecule has 8 N–H and O–H groups in total. The predicted octanol–water partition coefficient (Wildman–Crippen LogP) is -1.72. The Labute approximate surface area is 210 Å². The third kappa shape index (κ3) is 8.11. The fourth-order valence-electron chi connectivity index (χ4n) is 4.51. The van der Waals surface area contributed by atoms with Crippen molar-refractivity contribution >= 4 is 0 Å². The number of nitrogens with zero attached hydrogens (tertiary/aromatic N) is 1. The average molecular weight is 552 g/mol. The van der Waals surface area contributed by atoms with Gasteiger partial charge in [0.15, 0.2) is 12.6 Å². The molecule has 0 aromatic carbocycles. The number of aliphatic hydroxyl groups is 4. The van der Waals surface area contributed by atoms with Crippen LogP contribution in [0.25, 0.3) is 0 Å². The summed E-state index contributed by atoms with van der Waals surface area (Å²) in [6.45, 7) is 0.469. The van der Waals surface area contributed by atoms with Gasteiger partial charge in [0.25, 0.3) is 0 Å². The molecule has 0 bridgehead atoms. The first kappa shape index (κ1) is 31.9. The van der Waals surface area contributed by atoms with Gasteiger partial charge in [0.2, 0.25) is 0 Å². The molecule has 1 saturated heterocycles. The van der Waals surface area contributed by atoms with Crippen molar-refractivity contribution in [2.45, 2.75) is 93.0 Å². The summed E-state index contributed by atoms with van der Waals surface area (Å²) in [5.74, 6) is 4.91. The van der Waals surface area contributed by atoms with Crippen molar-refractivity contribution in [2.24, 2.45) is 0 Å². The van der Waals surface area contributed by atoms with E-state index in [1.807, 2.05) is 0 Å². The maximum atomic E-state index is 14.0. The molecule has 1 saturated carbocycles. The highest BCUT2D eigenvalue weighted by Gasteiger charge is 2.53. The average Bonchev–Trinajstić information content (AvgIpc) is 2.84. The van der Waals surface area contributed by atoms with Crippen molar-refractivity contribution in [3.8, 4) is 11.8 Å². The Kier molecular flexibility index (Phi) is 12.7. The Morgan fingerprint density at radius 2 is 1.76 bits per heavy atom. The molecule has 11 atom stereocenters. The molecule has 216 valence electrons. The summed E-state index contributed by atoms with van der Waals surface area (Å²) < 4.78 is 82.4. The normalized spacial score (nSPS) is 38.2. The topological polar surface area (TPSA) is 160 Å². The van der Waals surface area contributed by atoms with Crippen molar-refractivity contribution in [1.82, 2.24) is 27.3 Å². The largest absolute Gasteiger partial charge is 0.388 e. The van der Waals surface area contributed by atoms with E-state index in [-0.39, 0.29) is 24.5 Å². The van der Waals surface area contributed by atoms with Gasteiger partial charge in [-0.05, 0) is 19.8 Å². The summed E-state index contributed by atoms with van der Waals surface area (Å²) in [4.78, 5) is 0. The molecule has 0 aromatic heterocycles. The molecule has 1 aliphatic heterocycles. The van der Waals surface area contributed by atoms with E-state index in [1.54, 1.807) is 0 Å². The number of hydrogen-bond donors (Lipinski definition) is 8. The van der Waals surface area contributed by atoms with Gasteiger partial charge in [-0.25, -0.2) is 0 Å². The predicted molar refractivity (Wildman–Crippen MR) is 116 cm³/mol. The molecule has 17 heteroatoms. The smallest absolute Gasteiger partial charge is 0.185 e. The molecule has 1 aliphatic carbocycles. The number of hydrogen-bond acceptors (Lipinski definition) is 12. The van der Waals surface area contributed by atoms with Gasteiger partial charge in [0.1, 0.15) is 36.1 Å². The number of aliphatic hydroxyl groups excluding tert-OH is 3. The lowest BCUT2D eigenvalue weighted by Gasteiger charge is -2.48. The molecule has 0 amide bonds. The first-order valence-corrected chi connectivity index (χ1v) is 11.5. The third-order valence-electron chi connectivity index (χ3n) is 6.35. The molecule has 11 unspecified atom stereocenters. The van der Waals surface area contributed by atoms with E-state index in [9.17, 15) is 42.8 Å². The van der Waals surface area contributed by atoms with E-state index < -0.39 is 79.8 Å². The number of nitrogens with one attached hydrogen (secondary N) is 4. The molecule has 0 spiro atoms. The summed E-state index contributed by atoms with van der Waals surface area (Å²) in [5, 5.41) is 42.2. The molecule has 2 fully saturated rings. The zero-order valence-electron chi connectivity index (χ0n) is 20.2. The van der Waals surface area contributed by atoms with Gasteiger partial charge >= 0.3 is 0 Å². The lowest BCUT2D eigenvalue weighted by atomic mass is 9.84. The summed E-state index contributed by atoms with van der Waals surface area (Å²) >= 11 is 0. The van der Waals surface area contributed by atoms with Gasteiger partial charge in [-0.3, -0.25) is 0 Å². The van der Waals surface area contributed by atoms with Crippen molar-refractivity contribution in [3.05, 3.63) is 0 Å². The minimum Gasteiger partial charge on any atom is -0.388 e. The summed E-state index contributed by atoms with van der Waals surface area (Å²) in [6, 6.07) is -5.70. The van der Waals surface area contributed by atoms with Crippen LogP contribution in [-0.2, 0) is 14.2 Å². The second kappa shape index (κ2) is 14.8. The van der Waals surface area contributed by atoms with E-state index in [2.05, 4.69) is 11.8 Å². The Balaban J connectivity index is 2.15. The SMILES string of the molecule is CN(F)C1C(O)C(OC2C(NF)CC(NF)C(OC(O)C(CCC#CCNF)NF)C2O)OCC1(C)O. The molecule has 0 radical (unpaired) electrons. The second-order valence-electron chi connectivity index (χ2n) is 9.16. The van der Waals surface area contributed by atoms with E-state index in [0.29, 0.717) is 0 Å². The lowest BCUT2D eigenvalue weighted by molar-refractivity contribution is -0.324. The highest BCUT2D eigenvalue weighted by Crippen LogP contribution is 2.33. The van der Waals surface area contributed by atoms with Crippen LogP contribution >= 0.6 is 0 Å². The van der Waals surface area contributed by atoms with Crippen LogP contribution in [0.15, 0.2) is 0 Å². The maximum absolute atomic E-state index is 14.0. The van der Waals surface area contributed by atoms with Crippen LogP contribution in [0.4, 0.5) is 22.4 Å². The molecule has 1 heterocycles. The minimum absolute atomic E-state index is 0.0200. The molecule has 2 aliphatic rings. The van der Waals surface area contributed by atoms with E-state index in [1.165, 1.54) is 29.1 Å². The monoisotopic (exact) mass is 551 g/mol. The fraction of sp³-hybridized carbons (Fsp3) is 0.900. The zero-order chi connectivity index (χ0) is 27.8. The Bertz CT molecular complexity index is 752. The van der Waals surface area contributed by atoms with Crippen LogP contribution in [-0.4, -0.2) is 113 Å². The van der Waals surface area contributed by atoms with Crippen molar-refractivity contribution in [2.75, 3.05) is 20.2 Å². The van der Waals surface area contributed by atoms with Crippen LogP contribution in [0.3, 0.4) is 0 Å². The molecular formula is C20H34F5N5O7. The summed E-state index contributed by atoms with van der Waals surface area (Å²) in [7, 11) is 0.952. The highest BCUT2D eigenvalue weighted by molar-refractivity contribution is 5.03. The van der Waals surface area contributed by atoms with E-state index in [0.717, 1.165) is 7.05 Å². The first-order valence-electron chi connectivity index (χ1n) is 11.5. The summed E-state index contributed by atoms with van der Waals surface area (Å²) in [5.41, 5.74) is 3.48. The van der Waals surface area contributed by atoms with E-state index >= 15 is 0 Å². The van der Waals surface area contributed by atoms with Crippen LogP contribution in [0, 0.1) is 11.8 Å².